The molecule has 1 fully saturated rings. The molecule has 1 heterocycles. The summed E-state index contributed by atoms with van der Waals surface area (Å²) in [6, 6.07) is 3.66. The molecule has 2 rings (SSSR count). The van der Waals surface area contributed by atoms with Gasteiger partial charge in [-0.05, 0) is 24.8 Å². The van der Waals surface area contributed by atoms with Crippen LogP contribution in [0, 0.1) is 17.2 Å². The highest BCUT2D eigenvalue weighted by atomic mass is 15.0. The number of nitrogens with two attached hydrogens (primary N) is 1. The zero-order chi connectivity index (χ0) is 10.7. The van der Waals surface area contributed by atoms with Gasteiger partial charge >= 0.3 is 0 Å². The number of rotatable bonds is 3. The minimum Gasteiger partial charge on any atom is -0.396 e. The highest BCUT2D eigenvalue weighted by molar-refractivity contribution is 5.63. The van der Waals surface area contributed by atoms with Crippen LogP contribution in [-0.4, -0.2) is 11.5 Å². The first kappa shape index (κ1) is 9.78. The number of nitrogen functional groups attached to an aromatic ring is 1. The lowest BCUT2D eigenvalue weighted by Gasteiger charge is -2.25. The predicted molar refractivity (Wildman–Crippen MR) is 59.2 cm³/mol. The molecule has 4 heteroatoms. The van der Waals surface area contributed by atoms with Gasteiger partial charge < -0.3 is 11.1 Å². The summed E-state index contributed by atoms with van der Waals surface area (Å²) in [6.07, 6.45) is 5.47. The Morgan fingerprint density at radius 1 is 1.60 bits per heavy atom. The van der Waals surface area contributed by atoms with Crippen molar-refractivity contribution in [1.82, 2.24) is 4.98 Å². The Labute approximate surface area is 89.1 Å². The largest absolute Gasteiger partial charge is 0.396 e. The van der Waals surface area contributed by atoms with Crippen LogP contribution in [0.25, 0.3) is 0 Å². The normalized spacial score (nSPS) is 15.4. The Bertz CT molecular complexity index is 390. The maximum Gasteiger partial charge on any atom is 0.149 e. The van der Waals surface area contributed by atoms with Crippen LogP contribution >= 0.6 is 0 Å². The number of anilines is 2. The number of nitriles is 1. The van der Waals surface area contributed by atoms with Crippen molar-refractivity contribution in [3.8, 4) is 6.07 Å². The van der Waals surface area contributed by atoms with Crippen molar-refractivity contribution in [3.05, 3.63) is 17.8 Å². The van der Waals surface area contributed by atoms with Crippen LogP contribution < -0.4 is 11.1 Å². The average Bonchev–Trinajstić information content (AvgIpc) is 2.18. The summed E-state index contributed by atoms with van der Waals surface area (Å²) < 4.78 is 0. The van der Waals surface area contributed by atoms with Gasteiger partial charge in [-0.3, -0.25) is 0 Å². The fourth-order valence-corrected chi connectivity index (χ4v) is 1.63. The third-order valence-electron chi connectivity index (χ3n) is 2.83. The van der Waals surface area contributed by atoms with Gasteiger partial charge in [0.15, 0.2) is 0 Å². The van der Waals surface area contributed by atoms with E-state index in [2.05, 4.69) is 10.3 Å². The minimum atomic E-state index is 0.502. The summed E-state index contributed by atoms with van der Waals surface area (Å²) in [7, 11) is 0. The molecule has 1 aliphatic rings. The van der Waals surface area contributed by atoms with Crippen LogP contribution in [0.2, 0.25) is 0 Å². The maximum absolute atomic E-state index is 8.65. The lowest BCUT2D eigenvalue weighted by Crippen LogP contribution is -2.21. The fraction of sp³-hybridized carbons (Fsp3) is 0.455. The Balaban J connectivity index is 1.98. The van der Waals surface area contributed by atoms with Crippen LogP contribution in [0.15, 0.2) is 12.3 Å². The van der Waals surface area contributed by atoms with Crippen molar-refractivity contribution in [1.29, 1.82) is 5.26 Å². The first-order chi connectivity index (χ1) is 7.29. The highest BCUT2D eigenvalue weighted by Gasteiger charge is 2.17. The molecule has 3 N–H and O–H groups in total. The Hall–Kier alpha value is -1.76. The third-order valence-corrected chi connectivity index (χ3v) is 2.83. The summed E-state index contributed by atoms with van der Waals surface area (Å²) in [4.78, 5) is 4.12. The van der Waals surface area contributed by atoms with E-state index < -0.39 is 0 Å². The molecule has 1 aromatic heterocycles. The van der Waals surface area contributed by atoms with Crippen molar-refractivity contribution in [2.24, 2.45) is 5.92 Å². The highest BCUT2D eigenvalue weighted by Crippen LogP contribution is 2.27. The molecule has 1 saturated carbocycles. The second-order valence-electron chi connectivity index (χ2n) is 3.95. The summed E-state index contributed by atoms with van der Waals surface area (Å²) in [5.41, 5.74) is 6.82. The predicted octanol–water partition coefficient (Wildman–Crippen LogP) is 1.75. The first-order valence-corrected chi connectivity index (χ1v) is 5.19. The number of hydrogen-bond acceptors (Lipinski definition) is 4. The molecule has 0 spiro atoms. The molecule has 1 aromatic rings. The lowest BCUT2D eigenvalue weighted by atomic mass is 9.85. The summed E-state index contributed by atoms with van der Waals surface area (Å²) in [6.45, 7) is 0.934. The third kappa shape index (κ3) is 2.18. The van der Waals surface area contributed by atoms with Crippen molar-refractivity contribution in [2.45, 2.75) is 19.3 Å². The van der Waals surface area contributed by atoms with Gasteiger partial charge in [0, 0.05) is 12.7 Å². The zero-order valence-electron chi connectivity index (χ0n) is 8.53. The molecule has 15 heavy (non-hydrogen) atoms. The van der Waals surface area contributed by atoms with Crippen LogP contribution in [0.3, 0.4) is 0 Å². The van der Waals surface area contributed by atoms with Crippen LogP contribution in [0.1, 0.15) is 24.8 Å². The topological polar surface area (TPSA) is 74.7 Å². The van der Waals surface area contributed by atoms with Crippen molar-refractivity contribution >= 4 is 11.5 Å². The lowest BCUT2D eigenvalue weighted by molar-refractivity contribution is 0.333. The second kappa shape index (κ2) is 4.18. The molecule has 4 nitrogen and oxygen atoms in total. The molecule has 0 aliphatic heterocycles. The summed E-state index contributed by atoms with van der Waals surface area (Å²) in [5, 5.41) is 11.9. The molecule has 0 bridgehead atoms. The van der Waals surface area contributed by atoms with E-state index >= 15 is 0 Å². The van der Waals surface area contributed by atoms with Crippen molar-refractivity contribution in [3.63, 3.8) is 0 Å². The molecule has 0 amide bonds. The SMILES string of the molecule is N#Cc1cnc(NCC2CCC2)c(N)c1. The van der Waals surface area contributed by atoms with Crippen LogP contribution in [0.4, 0.5) is 11.5 Å². The van der Waals surface area contributed by atoms with Gasteiger partial charge in [-0.1, -0.05) is 6.42 Å². The van der Waals surface area contributed by atoms with Gasteiger partial charge in [0.25, 0.3) is 0 Å². The van der Waals surface area contributed by atoms with E-state index in [-0.39, 0.29) is 0 Å². The number of pyridine rings is 1. The van der Waals surface area contributed by atoms with Crippen molar-refractivity contribution < 1.29 is 0 Å². The molecule has 0 unspecified atom stereocenters. The molecule has 0 aromatic carbocycles. The standard InChI is InChI=1S/C11H14N4/c12-5-9-4-10(13)11(15-7-9)14-6-8-2-1-3-8/h4,7-8H,1-3,6,13H2,(H,14,15). The smallest absolute Gasteiger partial charge is 0.149 e. The number of nitrogens with zero attached hydrogens (tertiary/aromatic N) is 2. The van der Waals surface area contributed by atoms with E-state index in [9.17, 15) is 0 Å². The molecule has 78 valence electrons. The Morgan fingerprint density at radius 3 is 2.93 bits per heavy atom. The Kier molecular flexibility index (Phi) is 2.72. The molecular weight excluding hydrogens is 188 g/mol. The zero-order valence-corrected chi connectivity index (χ0v) is 8.53. The van der Waals surface area contributed by atoms with Crippen LogP contribution in [0.5, 0.6) is 0 Å². The van der Waals surface area contributed by atoms with Gasteiger partial charge in [-0.2, -0.15) is 5.26 Å². The first-order valence-electron chi connectivity index (χ1n) is 5.19. The van der Waals surface area contributed by atoms with E-state index in [1.807, 2.05) is 6.07 Å². The molecule has 0 radical (unpaired) electrons. The number of aromatic nitrogens is 1. The van der Waals surface area contributed by atoms with E-state index in [4.69, 9.17) is 11.0 Å². The summed E-state index contributed by atoms with van der Waals surface area (Å²) in [5.74, 6) is 1.46. The van der Waals surface area contributed by atoms with E-state index in [1.54, 1.807) is 12.3 Å². The van der Waals surface area contributed by atoms with E-state index in [1.165, 1.54) is 19.3 Å². The Morgan fingerprint density at radius 2 is 2.40 bits per heavy atom. The maximum atomic E-state index is 8.65. The van der Waals surface area contributed by atoms with E-state index in [0.29, 0.717) is 17.1 Å². The number of hydrogen-bond donors (Lipinski definition) is 2. The van der Waals surface area contributed by atoms with Gasteiger partial charge in [0.2, 0.25) is 0 Å². The average molecular weight is 202 g/mol. The van der Waals surface area contributed by atoms with E-state index in [0.717, 1.165) is 12.5 Å². The molecule has 0 atom stereocenters. The summed E-state index contributed by atoms with van der Waals surface area (Å²) >= 11 is 0. The van der Waals surface area contributed by atoms with Crippen LogP contribution in [-0.2, 0) is 0 Å². The van der Waals surface area contributed by atoms with Gasteiger partial charge in [0.1, 0.15) is 11.9 Å². The molecule has 0 saturated heterocycles. The van der Waals surface area contributed by atoms with Gasteiger partial charge in [-0.15, -0.1) is 0 Å². The van der Waals surface area contributed by atoms with Gasteiger partial charge in [-0.25, -0.2) is 4.98 Å². The van der Waals surface area contributed by atoms with Gasteiger partial charge in [0.05, 0.1) is 11.3 Å². The monoisotopic (exact) mass is 202 g/mol. The molecule has 1 aliphatic carbocycles. The van der Waals surface area contributed by atoms with Crippen molar-refractivity contribution in [2.75, 3.05) is 17.6 Å². The molecular formula is C11H14N4. The minimum absolute atomic E-state index is 0.502. The number of nitrogens with one attached hydrogen (secondary N) is 1. The quantitative estimate of drug-likeness (QED) is 0.783. The fourth-order valence-electron chi connectivity index (χ4n) is 1.63. The second-order valence-corrected chi connectivity index (χ2v) is 3.95.